The molecule has 1 aromatic rings. The fourth-order valence-electron chi connectivity index (χ4n) is 1.45. The van der Waals surface area contributed by atoms with Crippen molar-refractivity contribution in [3.8, 4) is 0 Å². The Morgan fingerprint density at radius 3 is 2.90 bits per heavy atom. The fourth-order valence-corrected chi connectivity index (χ4v) is 2.39. The average molecular weight is 152 g/mol. The van der Waals surface area contributed by atoms with Crippen LogP contribution in [0.4, 0.5) is 5.69 Å². The summed E-state index contributed by atoms with van der Waals surface area (Å²) in [5.41, 5.74) is 8.00. The Labute approximate surface area is 64.9 Å². The monoisotopic (exact) mass is 152 g/mol. The van der Waals surface area contributed by atoms with Gasteiger partial charge in [0.25, 0.3) is 0 Å². The molecule has 1 aliphatic rings. The van der Waals surface area contributed by atoms with E-state index < -0.39 is 0 Å². The average Bonchev–Trinajstić information content (AvgIpc) is 2.34. The van der Waals surface area contributed by atoms with Gasteiger partial charge >= 0.3 is 0 Å². The van der Waals surface area contributed by atoms with Crippen LogP contribution in [0.3, 0.4) is 0 Å². The molecule has 1 aromatic heterocycles. The van der Waals surface area contributed by atoms with Crippen molar-refractivity contribution in [2.24, 2.45) is 0 Å². The zero-order valence-corrected chi connectivity index (χ0v) is 6.63. The Bertz CT molecular complexity index is 239. The molecule has 10 heavy (non-hydrogen) atoms. The lowest BCUT2D eigenvalue weighted by Crippen LogP contribution is -2.00. The predicted octanol–water partition coefficient (Wildman–Crippen LogP) is 2.01. The topological polar surface area (TPSA) is 26.0 Å². The fraction of sp³-hybridized carbons (Fsp3) is 0.500. The highest BCUT2D eigenvalue weighted by molar-refractivity contribution is 7.10. The van der Waals surface area contributed by atoms with Crippen LogP contribution in [0, 0.1) is 5.38 Å². The number of hydrogen-bond acceptors (Lipinski definition) is 2. The van der Waals surface area contributed by atoms with Crippen molar-refractivity contribution >= 4 is 17.0 Å². The van der Waals surface area contributed by atoms with E-state index in [0.29, 0.717) is 0 Å². The van der Waals surface area contributed by atoms with E-state index in [4.69, 9.17) is 5.73 Å². The summed E-state index contributed by atoms with van der Waals surface area (Å²) in [6.07, 6.45) is 5.05. The number of hydrogen-bond donors (Lipinski definition) is 1. The first-order chi connectivity index (χ1) is 4.88. The van der Waals surface area contributed by atoms with Crippen LogP contribution in [0.1, 0.15) is 23.3 Å². The molecule has 0 saturated heterocycles. The molecule has 0 atom stereocenters. The molecule has 2 N–H and O–H groups in total. The highest BCUT2D eigenvalue weighted by Crippen LogP contribution is 2.30. The molecule has 0 unspecified atom stereocenters. The second-order valence-corrected chi connectivity index (χ2v) is 3.63. The number of rotatable bonds is 0. The third-order valence-corrected chi connectivity index (χ3v) is 3.05. The minimum absolute atomic E-state index is 0.903. The lowest BCUT2D eigenvalue weighted by molar-refractivity contribution is 0.698. The van der Waals surface area contributed by atoms with Gasteiger partial charge in [-0.3, -0.25) is 0 Å². The van der Waals surface area contributed by atoms with E-state index >= 15 is 0 Å². The van der Waals surface area contributed by atoms with Crippen molar-refractivity contribution < 1.29 is 0 Å². The van der Waals surface area contributed by atoms with Crippen molar-refractivity contribution in [1.82, 2.24) is 0 Å². The third kappa shape index (κ3) is 0.833. The number of nitrogens with two attached hydrogens (primary N) is 1. The summed E-state index contributed by atoms with van der Waals surface area (Å²) in [5, 5.41) is 3.10. The maximum atomic E-state index is 5.72. The maximum Gasteiger partial charge on any atom is 0.0698 e. The van der Waals surface area contributed by atoms with Crippen LogP contribution in [-0.2, 0) is 12.8 Å². The Balaban J connectivity index is 2.45. The summed E-state index contributed by atoms with van der Waals surface area (Å²) in [5.74, 6) is 0. The molecule has 1 aliphatic carbocycles. The quantitative estimate of drug-likeness (QED) is 0.604. The summed E-state index contributed by atoms with van der Waals surface area (Å²) in [6, 6.07) is 0. The van der Waals surface area contributed by atoms with E-state index in [0.717, 1.165) is 5.69 Å². The molecule has 0 saturated carbocycles. The summed E-state index contributed by atoms with van der Waals surface area (Å²) >= 11 is 1.70. The van der Waals surface area contributed by atoms with E-state index in [-0.39, 0.29) is 0 Å². The van der Waals surface area contributed by atoms with Gasteiger partial charge in [0.05, 0.1) is 11.1 Å². The molecule has 2 heteroatoms. The lowest BCUT2D eigenvalue weighted by Gasteiger charge is -2.10. The first kappa shape index (κ1) is 6.23. The van der Waals surface area contributed by atoms with Gasteiger partial charge in [0.15, 0.2) is 0 Å². The zero-order valence-electron chi connectivity index (χ0n) is 5.81. The molecule has 53 valence electrons. The van der Waals surface area contributed by atoms with Crippen LogP contribution < -0.4 is 5.73 Å². The number of fused-ring (bicyclic) bond motifs is 1. The predicted molar refractivity (Wildman–Crippen MR) is 44.2 cm³/mol. The van der Waals surface area contributed by atoms with Gasteiger partial charge in [-0.15, -0.1) is 11.3 Å². The molecular weight excluding hydrogens is 142 g/mol. The number of anilines is 1. The van der Waals surface area contributed by atoms with Crippen LogP contribution in [0.25, 0.3) is 0 Å². The molecule has 0 spiro atoms. The molecule has 1 radical (unpaired) electrons. The number of aryl methyl sites for hydroxylation is 1. The van der Waals surface area contributed by atoms with E-state index in [1.807, 2.05) is 0 Å². The summed E-state index contributed by atoms with van der Waals surface area (Å²) in [4.78, 5) is 1.48. The van der Waals surface area contributed by atoms with Gasteiger partial charge in [0.1, 0.15) is 0 Å². The highest BCUT2D eigenvalue weighted by atomic mass is 32.1. The Kier molecular flexibility index (Phi) is 1.42. The zero-order chi connectivity index (χ0) is 6.97. The number of thiophene rings is 1. The first-order valence-electron chi connectivity index (χ1n) is 3.65. The van der Waals surface area contributed by atoms with Gasteiger partial charge in [0, 0.05) is 4.88 Å². The van der Waals surface area contributed by atoms with Gasteiger partial charge in [-0.25, -0.2) is 0 Å². The van der Waals surface area contributed by atoms with Crippen molar-refractivity contribution in [1.29, 1.82) is 0 Å². The van der Waals surface area contributed by atoms with Crippen LogP contribution in [0.2, 0.25) is 0 Å². The van der Waals surface area contributed by atoms with E-state index in [2.05, 4.69) is 5.38 Å². The molecular formula is C8H10NS. The van der Waals surface area contributed by atoms with Crippen LogP contribution in [-0.4, -0.2) is 0 Å². The van der Waals surface area contributed by atoms with Crippen LogP contribution in [0.15, 0.2) is 0 Å². The van der Waals surface area contributed by atoms with E-state index in [1.165, 1.54) is 36.1 Å². The van der Waals surface area contributed by atoms with Crippen molar-refractivity contribution in [3.63, 3.8) is 0 Å². The normalized spacial score (nSPS) is 16.8. The van der Waals surface area contributed by atoms with Gasteiger partial charge in [0.2, 0.25) is 0 Å². The van der Waals surface area contributed by atoms with Crippen molar-refractivity contribution in [2.45, 2.75) is 25.7 Å². The standard InChI is InChI=1S/C8H10NS/c9-7-5-10-8-4-2-1-3-6(7)8/h1-4,9H2. The Morgan fingerprint density at radius 1 is 1.30 bits per heavy atom. The summed E-state index contributed by atoms with van der Waals surface area (Å²) in [6.45, 7) is 0. The first-order valence-corrected chi connectivity index (χ1v) is 4.47. The highest BCUT2D eigenvalue weighted by Gasteiger charge is 2.13. The van der Waals surface area contributed by atoms with Gasteiger partial charge in [-0.05, 0) is 31.2 Å². The smallest absolute Gasteiger partial charge is 0.0698 e. The Morgan fingerprint density at radius 2 is 2.10 bits per heavy atom. The maximum absolute atomic E-state index is 5.72. The third-order valence-electron chi connectivity index (χ3n) is 2.03. The second-order valence-electron chi connectivity index (χ2n) is 2.73. The SMILES string of the molecule is Nc1[c]sc2c1CCCC2. The molecule has 1 nitrogen and oxygen atoms in total. The lowest BCUT2D eigenvalue weighted by atomic mass is 9.98. The van der Waals surface area contributed by atoms with E-state index in [9.17, 15) is 0 Å². The minimum atomic E-state index is 0.903. The van der Waals surface area contributed by atoms with Gasteiger partial charge in [-0.2, -0.15) is 0 Å². The summed E-state index contributed by atoms with van der Waals surface area (Å²) < 4.78 is 0. The molecule has 0 aromatic carbocycles. The van der Waals surface area contributed by atoms with Crippen LogP contribution >= 0.6 is 11.3 Å². The number of nitrogen functional groups attached to an aromatic ring is 1. The second kappa shape index (κ2) is 2.27. The largest absolute Gasteiger partial charge is 0.397 e. The van der Waals surface area contributed by atoms with Crippen molar-refractivity contribution in [3.05, 3.63) is 15.8 Å². The molecule has 0 bridgehead atoms. The molecule has 0 amide bonds. The van der Waals surface area contributed by atoms with Gasteiger partial charge < -0.3 is 5.73 Å². The van der Waals surface area contributed by atoms with Crippen molar-refractivity contribution in [2.75, 3.05) is 5.73 Å². The Hall–Kier alpha value is -0.500. The van der Waals surface area contributed by atoms with Crippen LogP contribution in [0.5, 0.6) is 0 Å². The van der Waals surface area contributed by atoms with E-state index in [1.54, 1.807) is 11.3 Å². The van der Waals surface area contributed by atoms with Gasteiger partial charge in [-0.1, -0.05) is 0 Å². The summed E-state index contributed by atoms with van der Waals surface area (Å²) in [7, 11) is 0. The molecule has 1 heterocycles. The molecule has 0 aliphatic heterocycles. The molecule has 0 fully saturated rings. The minimum Gasteiger partial charge on any atom is -0.397 e. The molecule has 2 rings (SSSR count).